The normalized spacial score (nSPS) is 11.4. The number of benzene rings is 2. The van der Waals surface area contributed by atoms with Crippen LogP contribution in [0.4, 0.5) is 0 Å². The van der Waals surface area contributed by atoms with Crippen molar-refractivity contribution < 1.29 is 14.3 Å². The lowest BCUT2D eigenvalue weighted by molar-refractivity contribution is 0.0734. The molecule has 0 aliphatic heterocycles. The maximum atomic E-state index is 12.1. The summed E-state index contributed by atoms with van der Waals surface area (Å²) in [6, 6.07) is 15.4. The highest BCUT2D eigenvalue weighted by Crippen LogP contribution is 2.18. The lowest BCUT2D eigenvalue weighted by atomic mass is 10.1. The third kappa shape index (κ3) is 5.96. The van der Waals surface area contributed by atoms with Gasteiger partial charge in [0, 0.05) is 0 Å². The Morgan fingerprint density at radius 3 is 2.32 bits per heavy atom. The molecule has 0 amide bonds. The molecule has 0 aliphatic rings. The molecule has 2 rings (SSSR count). The molecule has 0 aliphatic carbocycles. The van der Waals surface area contributed by atoms with Crippen LogP contribution in [0, 0.1) is 17.2 Å². The molecule has 0 saturated heterocycles. The van der Waals surface area contributed by atoms with Gasteiger partial charge in [-0.15, -0.1) is 0 Å². The topological polar surface area (TPSA) is 59.3 Å². The minimum absolute atomic E-state index is 0.411. The van der Waals surface area contributed by atoms with E-state index in [0.29, 0.717) is 29.4 Å². The Bertz CT molecular complexity index is 714. The van der Waals surface area contributed by atoms with E-state index in [-0.39, 0.29) is 0 Å². The molecule has 0 aromatic heterocycles. The van der Waals surface area contributed by atoms with Gasteiger partial charge >= 0.3 is 5.97 Å². The number of carbonyl (C=O) groups excluding carboxylic acids is 1. The van der Waals surface area contributed by atoms with Crippen LogP contribution >= 0.6 is 0 Å². The van der Waals surface area contributed by atoms with E-state index in [1.54, 1.807) is 48.5 Å². The summed E-state index contributed by atoms with van der Waals surface area (Å²) in [5.74, 6) is 1.24. The average Bonchev–Trinajstić information content (AvgIpc) is 2.65. The number of hydrogen-bond acceptors (Lipinski definition) is 4. The van der Waals surface area contributed by atoms with Crippen LogP contribution in [0.15, 0.2) is 48.5 Å². The number of nitrogens with zero attached hydrogens (tertiary/aromatic N) is 1. The molecule has 4 heteroatoms. The fraction of sp³-hybridized carbons (Fsp3) is 0.333. The van der Waals surface area contributed by atoms with Crippen molar-refractivity contribution in [1.82, 2.24) is 0 Å². The first kappa shape index (κ1) is 18.5. The Labute approximate surface area is 149 Å². The van der Waals surface area contributed by atoms with Gasteiger partial charge in [-0.05, 0) is 60.9 Å². The van der Waals surface area contributed by atoms with Crippen LogP contribution in [0.1, 0.15) is 49.0 Å². The van der Waals surface area contributed by atoms with E-state index in [9.17, 15) is 4.79 Å². The Kier molecular flexibility index (Phi) is 7.03. The van der Waals surface area contributed by atoms with Crippen molar-refractivity contribution in [3.05, 3.63) is 59.7 Å². The summed E-state index contributed by atoms with van der Waals surface area (Å²) in [5.41, 5.74) is 0.977. The summed E-state index contributed by atoms with van der Waals surface area (Å²) in [7, 11) is 0. The SMILES string of the molecule is CCCC[C@H](C)COc1ccc(C(=O)Oc2ccc(C#N)cc2)cc1. The van der Waals surface area contributed by atoms with E-state index in [0.717, 1.165) is 12.2 Å². The molecule has 0 spiro atoms. The molecule has 0 fully saturated rings. The third-order valence-electron chi connectivity index (χ3n) is 3.87. The number of esters is 1. The summed E-state index contributed by atoms with van der Waals surface area (Å²) in [4.78, 5) is 12.1. The van der Waals surface area contributed by atoms with E-state index in [1.807, 2.05) is 6.07 Å². The molecule has 0 unspecified atom stereocenters. The minimum Gasteiger partial charge on any atom is -0.493 e. The standard InChI is InChI=1S/C21H23NO3/c1-3-4-5-16(2)15-24-19-12-8-18(9-13-19)21(23)25-20-10-6-17(14-22)7-11-20/h6-13,16H,3-5,15H2,1-2H3/t16-/m0/s1. The fourth-order valence-corrected chi connectivity index (χ4v) is 2.33. The van der Waals surface area contributed by atoms with Gasteiger partial charge in [0.25, 0.3) is 0 Å². The van der Waals surface area contributed by atoms with E-state index in [4.69, 9.17) is 14.7 Å². The number of hydrogen-bond donors (Lipinski definition) is 0. The predicted molar refractivity (Wildman–Crippen MR) is 96.7 cm³/mol. The summed E-state index contributed by atoms with van der Waals surface area (Å²) in [6.45, 7) is 5.04. The van der Waals surface area contributed by atoms with Crippen molar-refractivity contribution in [2.75, 3.05) is 6.61 Å². The second-order valence-electron chi connectivity index (χ2n) is 6.11. The molecular formula is C21H23NO3. The maximum Gasteiger partial charge on any atom is 0.343 e. The van der Waals surface area contributed by atoms with Gasteiger partial charge < -0.3 is 9.47 Å². The highest BCUT2D eigenvalue weighted by molar-refractivity contribution is 5.91. The van der Waals surface area contributed by atoms with Gasteiger partial charge in [0.1, 0.15) is 11.5 Å². The zero-order chi connectivity index (χ0) is 18.1. The lowest BCUT2D eigenvalue weighted by Gasteiger charge is -2.12. The van der Waals surface area contributed by atoms with Crippen molar-refractivity contribution in [2.24, 2.45) is 5.92 Å². The van der Waals surface area contributed by atoms with Crippen LogP contribution in [-0.2, 0) is 0 Å². The zero-order valence-electron chi connectivity index (χ0n) is 14.7. The summed E-state index contributed by atoms with van der Waals surface area (Å²) >= 11 is 0. The van der Waals surface area contributed by atoms with Crippen LogP contribution in [0.3, 0.4) is 0 Å². The number of rotatable bonds is 8. The van der Waals surface area contributed by atoms with E-state index in [2.05, 4.69) is 13.8 Å². The van der Waals surface area contributed by atoms with Crippen molar-refractivity contribution in [3.63, 3.8) is 0 Å². The fourth-order valence-electron chi connectivity index (χ4n) is 2.33. The lowest BCUT2D eigenvalue weighted by Crippen LogP contribution is -2.10. The van der Waals surface area contributed by atoms with Crippen molar-refractivity contribution in [2.45, 2.75) is 33.1 Å². The van der Waals surface area contributed by atoms with Gasteiger partial charge in [0.05, 0.1) is 23.8 Å². The van der Waals surface area contributed by atoms with E-state index in [1.165, 1.54) is 12.8 Å². The number of carbonyl (C=O) groups is 1. The van der Waals surface area contributed by atoms with Crippen LogP contribution in [-0.4, -0.2) is 12.6 Å². The van der Waals surface area contributed by atoms with E-state index >= 15 is 0 Å². The number of unbranched alkanes of at least 4 members (excludes halogenated alkanes) is 1. The first-order valence-electron chi connectivity index (χ1n) is 8.57. The molecule has 25 heavy (non-hydrogen) atoms. The number of nitriles is 1. The smallest absolute Gasteiger partial charge is 0.343 e. The molecule has 0 N–H and O–H groups in total. The van der Waals surface area contributed by atoms with Gasteiger partial charge in [-0.3, -0.25) is 0 Å². The first-order valence-corrected chi connectivity index (χ1v) is 8.57. The first-order chi connectivity index (χ1) is 12.1. The quantitative estimate of drug-likeness (QED) is 0.503. The Morgan fingerprint density at radius 2 is 1.72 bits per heavy atom. The van der Waals surface area contributed by atoms with Crippen molar-refractivity contribution >= 4 is 5.97 Å². The molecule has 0 bridgehead atoms. The average molecular weight is 337 g/mol. The maximum absolute atomic E-state index is 12.1. The molecule has 130 valence electrons. The molecular weight excluding hydrogens is 314 g/mol. The number of ether oxygens (including phenoxy) is 2. The molecule has 2 aromatic rings. The Hall–Kier alpha value is -2.80. The molecule has 0 saturated carbocycles. The Balaban J connectivity index is 1.88. The van der Waals surface area contributed by atoms with Crippen molar-refractivity contribution in [3.8, 4) is 17.6 Å². The predicted octanol–water partition coefficient (Wildman–Crippen LogP) is 4.98. The Morgan fingerprint density at radius 1 is 1.08 bits per heavy atom. The largest absolute Gasteiger partial charge is 0.493 e. The molecule has 2 aromatic carbocycles. The summed E-state index contributed by atoms with van der Waals surface area (Å²) in [5, 5.41) is 8.77. The second kappa shape index (κ2) is 9.48. The molecule has 0 heterocycles. The highest BCUT2D eigenvalue weighted by Gasteiger charge is 2.09. The second-order valence-corrected chi connectivity index (χ2v) is 6.11. The van der Waals surface area contributed by atoms with Gasteiger partial charge in [-0.1, -0.05) is 26.7 Å². The van der Waals surface area contributed by atoms with Gasteiger partial charge in [-0.25, -0.2) is 4.79 Å². The molecule has 1 atom stereocenters. The summed E-state index contributed by atoms with van der Waals surface area (Å²) in [6.07, 6.45) is 3.57. The van der Waals surface area contributed by atoms with E-state index < -0.39 is 5.97 Å². The van der Waals surface area contributed by atoms with Crippen LogP contribution in [0.2, 0.25) is 0 Å². The van der Waals surface area contributed by atoms with Gasteiger partial charge in [0.15, 0.2) is 0 Å². The van der Waals surface area contributed by atoms with Gasteiger partial charge in [0.2, 0.25) is 0 Å². The van der Waals surface area contributed by atoms with Crippen LogP contribution < -0.4 is 9.47 Å². The van der Waals surface area contributed by atoms with Crippen LogP contribution in [0.25, 0.3) is 0 Å². The molecule has 0 radical (unpaired) electrons. The van der Waals surface area contributed by atoms with Crippen molar-refractivity contribution in [1.29, 1.82) is 5.26 Å². The molecule has 4 nitrogen and oxygen atoms in total. The third-order valence-corrected chi connectivity index (χ3v) is 3.87. The highest BCUT2D eigenvalue weighted by atomic mass is 16.5. The van der Waals surface area contributed by atoms with Crippen LogP contribution in [0.5, 0.6) is 11.5 Å². The van der Waals surface area contributed by atoms with Gasteiger partial charge in [-0.2, -0.15) is 5.26 Å². The zero-order valence-corrected chi connectivity index (χ0v) is 14.7. The minimum atomic E-state index is -0.437. The summed E-state index contributed by atoms with van der Waals surface area (Å²) < 4.78 is 11.1. The monoisotopic (exact) mass is 337 g/mol.